The second-order valence-corrected chi connectivity index (χ2v) is 4.55. The van der Waals surface area contributed by atoms with Crippen LogP contribution in [0.2, 0.25) is 5.15 Å². The number of aryl methyl sites for hydroxylation is 1. The summed E-state index contributed by atoms with van der Waals surface area (Å²) in [7, 11) is 0. The molecule has 0 aliphatic heterocycles. The van der Waals surface area contributed by atoms with Gasteiger partial charge in [-0.25, -0.2) is 0 Å². The molecule has 1 N–H and O–H groups in total. The van der Waals surface area contributed by atoms with Gasteiger partial charge in [0.25, 0.3) is 5.91 Å². The average Bonchev–Trinajstić information content (AvgIpc) is 2.44. The van der Waals surface area contributed by atoms with E-state index in [0.717, 1.165) is 11.3 Å². The first-order valence-corrected chi connectivity index (χ1v) is 6.50. The number of aromatic nitrogens is 2. The first-order chi connectivity index (χ1) is 9.65. The fraction of sp³-hybridized carbons (Fsp3) is 0.214. The van der Waals surface area contributed by atoms with Crippen LogP contribution in [0.5, 0.6) is 5.75 Å². The van der Waals surface area contributed by atoms with E-state index in [9.17, 15) is 4.79 Å². The third kappa shape index (κ3) is 4.20. The maximum Gasteiger partial charge on any atom is 0.271 e. The summed E-state index contributed by atoms with van der Waals surface area (Å²) in [6.45, 7) is 2.77. The normalized spacial score (nSPS) is 10.1. The molecule has 2 aromatic rings. The number of benzene rings is 1. The van der Waals surface area contributed by atoms with Crippen molar-refractivity contribution in [2.75, 3.05) is 13.2 Å². The van der Waals surface area contributed by atoms with Crippen molar-refractivity contribution in [3.8, 4) is 5.75 Å². The number of ether oxygens (including phenoxy) is 1. The van der Waals surface area contributed by atoms with Crippen molar-refractivity contribution in [1.82, 2.24) is 15.5 Å². The van der Waals surface area contributed by atoms with Crippen molar-refractivity contribution < 1.29 is 9.53 Å². The summed E-state index contributed by atoms with van der Waals surface area (Å²) in [5.41, 5.74) is 1.35. The van der Waals surface area contributed by atoms with Gasteiger partial charge in [0.1, 0.15) is 12.4 Å². The summed E-state index contributed by atoms with van der Waals surface area (Å²) in [5.74, 6) is 0.479. The van der Waals surface area contributed by atoms with Crippen molar-refractivity contribution in [3.63, 3.8) is 0 Å². The molecular formula is C14H14ClN3O2. The van der Waals surface area contributed by atoms with Gasteiger partial charge in [-0.2, -0.15) is 0 Å². The molecule has 0 unspecified atom stereocenters. The van der Waals surface area contributed by atoms with Gasteiger partial charge in [-0.1, -0.05) is 23.7 Å². The molecule has 104 valence electrons. The minimum atomic E-state index is -0.304. The van der Waals surface area contributed by atoms with Crippen LogP contribution in [0.4, 0.5) is 0 Å². The highest BCUT2D eigenvalue weighted by atomic mass is 35.5. The largest absolute Gasteiger partial charge is 0.492 e. The lowest BCUT2D eigenvalue weighted by molar-refractivity contribution is 0.0941. The molecule has 5 nitrogen and oxygen atoms in total. The van der Waals surface area contributed by atoms with Gasteiger partial charge in [0.2, 0.25) is 0 Å². The standard InChI is InChI=1S/C14H14ClN3O2/c1-10-3-2-4-11(9-10)20-8-7-16-14(19)12-5-6-13(15)18-17-12/h2-6,9H,7-8H2,1H3,(H,16,19). The maximum atomic E-state index is 11.7. The number of hydrogen-bond acceptors (Lipinski definition) is 4. The Hall–Kier alpha value is -2.14. The number of carbonyl (C=O) groups excluding carboxylic acids is 1. The number of nitrogens with one attached hydrogen (secondary N) is 1. The molecule has 0 aliphatic carbocycles. The summed E-state index contributed by atoms with van der Waals surface area (Å²) in [6, 6.07) is 10.8. The van der Waals surface area contributed by atoms with Crippen LogP contribution < -0.4 is 10.1 Å². The summed E-state index contributed by atoms with van der Waals surface area (Å²) in [6.07, 6.45) is 0. The van der Waals surface area contributed by atoms with Crippen molar-refractivity contribution in [1.29, 1.82) is 0 Å². The Morgan fingerprint density at radius 1 is 1.30 bits per heavy atom. The molecule has 1 amide bonds. The zero-order valence-electron chi connectivity index (χ0n) is 11.0. The maximum absolute atomic E-state index is 11.7. The molecule has 0 radical (unpaired) electrons. The first-order valence-electron chi connectivity index (χ1n) is 6.12. The molecule has 0 aliphatic rings. The number of hydrogen-bond donors (Lipinski definition) is 1. The number of carbonyl (C=O) groups is 1. The summed E-state index contributed by atoms with van der Waals surface area (Å²) in [5, 5.41) is 10.2. The third-order valence-electron chi connectivity index (χ3n) is 2.51. The Kier molecular flexibility index (Phi) is 4.90. The predicted octanol–water partition coefficient (Wildman–Crippen LogP) is 2.25. The number of amides is 1. The lowest BCUT2D eigenvalue weighted by atomic mass is 10.2. The molecule has 0 atom stereocenters. The number of halogens is 1. The quantitative estimate of drug-likeness (QED) is 0.858. The van der Waals surface area contributed by atoms with Crippen LogP contribution >= 0.6 is 11.6 Å². The molecule has 0 spiro atoms. The predicted molar refractivity (Wildman–Crippen MR) is 76.0 cm³/mol. The van der Waals surface area contributed by atoms with Crippen LogP contribution in [0.15, 0.2) is 36.4 Å². The van der Waals surface area contributed by atoms with Gasteiger partial charge in [-0.05, 0) is 36.8 Å². The van der Waals surface area contributed by atoms with E-state index in [0.29, 0.717) is 13.2 Å². The topological polar surface area (TPSA) is 64.1 Å². The molecular weight excluding hydrogens is 278 g/mol. The SMILES string of the molecule is Cc1cccc(OCCNC(=O)c2ccc(Cl)nn2)c1. The van der Waals surface area contributed by atoms with E-state index in [1.165, 1.54) is 12.1 Å². The number of nitrogens with zero attached hydrogens (tertiary/aromatic N) is 2. The minimum Gasteiger partial charge on any atom is -0.492 e. The molecule has 1 aromatic heterocycles. The molecule has 0 saturated heterocycles. The van der Waals surface area contributed by atoms with Crippen molar-refractivity contribution in [2.45, 2.75) is 6.92 Å². The van der Waals surface area contributed by atoms with Crippen molar-refractivity contribution in [2.24, 2.45) is 0 Å². The van der Waals surface area contributed by atoms with E-state index in [4.69, 9.17) is 16.3 Å². The fourth-order valence-corrected chi connectivity index (χ4v) is 1.67. The minimum absolute atomic E-state index is 0.227. The van der Waals surface area contributed by atoms with Crippen LogP contribution in [0.25, 0.3) is 0 Å². The Morgan fingerprint density at radius 3 is 2.85 bits per heavy atom. The molecule has 0 bridgehead atoms. The lowest BCUT2D eigenvalue weighted by Gasteiger charge is -2.07. The first kappa shape index (κ1) is 14.3. The van der Waals surface area contributed by atoms with E-state index in [1.54, 1.807) is 0 Å². The molecule has 1 aromatic carbocycles. The van der Waals surface area contributed by atoms with Crippen LogP contribution in [0.1, 0.15) is 16.1 Å². The van der Waals surface area contributed by atoms with Gasteiger partial charge in [0.05, 0.1) is 6.54 Å². The van der Waals surface area contributed by atoms with Gasteiger partial charge >= 0.3 is 0 Å². The highest BCUT2D eigenvalue weighted by Crippen LogP contribution is 2.11. The van der Waals surface area contributed by atoms with Gasteiger partial charge < -0.3 is 10.1 Å². The van der Waals surface area contributed by atoms with Crippen LogP contribution in [0, 0.1) is 6.92 Å². The molecule has 0 fully saturated rings. The van der Waals surface area contributed by atoms with Crippen LogP contribution in [-0.4, -0.2) is 29.3 Å². The van der Waals surface area contributed by atoms with Gasteiger partial charge in [0.15, 0.2) is 10.8 Å². The van der Waals surface area contributed by atoms with E-state index >= 15 is 0 Å². The van der Waals surface area contributed by atoms with Gasteiger partial charge in [0, 0.05) is 0 Å². The monoisotopic (exact) mass is 291 g/mol. The van der Waals surface area contributed by atoms with Gasteiger partial charge in [-0.15, -0.1) is 10.2 Å². The Bertz CT molecular complexity index is 587. The molecule has 0 saturated carbocycles. The van der Waals surface area contributed by atoms with E-state index in [-0.39, 0.29) is 16.8 Å². The zero-order valence-corrected chi connectivity index (χ0v) is 11.7. The van der Waals surface area contributed by atoms with Crippen LogP contribution in [0.3, 0.4) is 0 Å². The number of rotatable bonds is 5. The Morgan fingerprint density at radius 2 is 2.15 bits per heavy atom. The third-order valence-corrected chi connectivity index (χ3v) is 2.71. The summed E-state index contributed by atoms with van der Waals surface area (Å²) in [4.78, 5) is 11.7. The lowest BCUT2D eigenvalue weighted by Crippen LogP contribution is -2.28. The molecule has 6 heteroatoms. The van der Waals surface area contributed by atoms with Crippen molar-refractivity contribution >= 4 is 17.5 Å². The molecule has 1 heterocycles. The molecule has 20 heavy (non-hydrogen) atoms. The van der Waals surface area contributed by atoms with E-state index in [1.807, 2.05) is 31.2 Å². The Balaban J connectivity index is 1.76. The Labute approximate surface area is 121 Å². The highest BCUT2D eigenvalue weighted by Gasteiger charge is 2.06. The fourth-order valence-electron chi connectivity index (χ4n) is 1.57. The van der Waals surface area contributed by atoms with Crippen molar-refractivity contribution in [3.05, 3.63) is 52.8 Å². The second-order valence-electron chi connectivity index (χ2n) is 4.16. The van der Waals surface area contributed by atoms with E-state index in [2.05, 4.69) is 15.5 Å². The van der Waals surface area contributed by atoms with Crippen LogP contribution in [-0.2, 0) is 0 Å². The zero-order chi connectivity index (χ0) is 14.4. The average molecular weight is 292 g/mol. The summed E-state index contributed by atoms with van der Waals surface area (Å²) >= 11 is 5.60. The molecule has 2 rings (SSSR count). The van der Waals surface area contributed by atoms with Gasteiger partial charge in [-0.3, -0.25) is 4.79 Å². The summed E-state index contributed by atoms with van der Waals surface area (Å²) < 4.78 is 5.52. The second kappa shape index (κ2) is 6.86. The smallest absolute Gasteiger partial charge is 0.271 e. The highest BCUT2D eigenvalue weighted by molar-refractivity contribution is 6.29. The van der Waals surface area contributed by atoms with E-state index < -0.39 is 0 Å².